The second-order valence-electron chi connectivity index (χ2n) is 12.0. The molecule has 0 amide bonds. The van der Waals surface area contributed by atoms with Crippen LogP contribution in [0.1, 0.15) is 16.7 Å². The normalized spacial score (nSPS) is 10.5. The molecule has 3 heterocycles. The largest absolute Gasteiger partial charge is 0.507 e. The Hall–Kier alpha value is -4.36. The van der Waals surface area contributed by atoms with Gasteiger partial charge in [-0.2, -0.15) is 0 Å². The predicted molar refractivity (Wildman–Crippen MR) is 214 cm³/mol. The van der Waals surface area contributed by atoms with E-state index in [1.165, 1.54) is 16.7 Å². The molecule has 9 aromatic rings. The first-order valence-corrected chi connectivity index (χ1v) is 18.6. The van der Waals surface area contributed by atoms with Gasteiger partial charge >= 0.3 is 0 Å². The molecule has 11 heteroatoms. The SMILES string of the molecule is Cc1ccc2sc(-c3ccccc3O)nc2c1.Cc1ccc2sc(-c3ccccc3O)nc2c1.Cc1ccc2sc(-c3ccccc3O)nc2c1.[Zn].[Zn]. The molecule has 53 heavy (non-hydrogen) atoms. The number of aromatic hydroxyl groups is 3. The molecule has 9 rings (SSSR count). The Balaban J connectivity index is 0.000000150. The van der Waals surface area contributed by atoms with Crippen LogP contribution in [-0.2, 0) is 39.0 Å². The zero-order chi connectivity index (χ0) is 35.5. The van der Waals surface area contributed by atoms with Gasteiger partial charge in [-0.05, 0) is 110 Å². The molecule has 0 aliphatic carbocycles. The molecule has 3 N–H and O–H groups in total. The molecule has 0 unspecified atom stereocenters. The summed E-state index contributed by atoms with van der Waals surface area (Å²) in [5, 5.41) is 32.0. The zero-order valence-corrected chi connectivity index (χ0v) is 37.8. The zero-order valence-electron chi connectivity index (χ0n) is 29.4. The Labute approximate surface area is 345 Å². The number of para-hydroxylation sites is 3. The van der Waals surface area contributed by atoms with E-state index in [-0.39, 0.29) is 56.2 Å². The van der Waals surface area contributed by atoms with Crippen molar-refractivity contribution in [3.63, 3.8) is 0 Å². The number of phenols is 3. The quantitative estimate of drug-likeness (QED) is 0.153. The molecule has 0 saturated carbocycles. The third-order valence-corrected chi connectivity index (χ3v) is 11.2. The molecular formula is C42H33N3O3S3Zn2. The summed E-state index contributed by atoms with van der Waals surface area (Å²) in [6.07, 6.45) is 0. The van der Waals surface area contributed by atoms with Crippen molar-refractivity contribution in [3.8, 4) is 49.0 Å². The molecule has 0 aliphatic heterocycles. The Morgan fingerprint density at radius 3 is 0.906 bits per heavy atom. The standard InChI is InChI=1S/3C14H11NOS.2Zn/c3*1-9-6-7-13-11(8-9)15-14(17-13)10-4-2-3-5-12(10)16;;/h3*2-8,16H,1H3;;. The molecule has 0 aliphatic rings. The smallest absolute Gasteiger partial charge is 0.128 e. The number of fused-ring (bicyclic) bond motifs is 3. The summed E-state index contributed by atoms with van der Waals surface area (Å²) in [6, 6.07) is 40.6. The molecule has 0 spiro atoms. The van der Waals surface area contributed by atoms with E-state index in [4.69, 9.17) is 0 Å². The molecule has 6 aromatic carbocycles. The van der Waals surface area contributed by atoms with Gasteiger partial charge in [0.2, 0.25) is 0 Å². The van der Waals surface area contributed by atoms with Crippen molar-refractivity contribution in [3.05, 3.63) is 144 Å². The molecule has 0 fully saturated rings. The van der Waals surface area contributed by atoms with Gasteiger partial charge in [0.1, 0.15) is 32.3 Å². The van der Waals surface area contributed by atoms with Crippen LogP contribution in [0.5, 0.6) is 17.2 Å². The van der Waals surface area contributed by atoms with Crippen molar-refractivity contribution >= 4 is 64.7 Å². The van der Waals surface area contributed by atoms with Crippen molar-refractivity contribution in [2.45, 2.75) is 20.8 Å². The van der Waals surface area contributed by atoms with Crippen LogP contribution in [0.25, 0.3) is 62.4 Å². The topological polar surface area (TPSA) is 99.4 Å². The Morgan fingerprint density at radius 2 is 0.642 bits per heavy atom. The van der Waals surface area contributed by atoms with Crippen LogP contribution in [-0.4, -0.2) is 30.3 Å². The first-order chi connectivity index (χ1) is 24.7. The minimum atomic E-state index is 0. The van der Waals surface area contributed by atoms with E-state index in [2.05, 4.69) is 90.3 Å². The summed E-state index contributed by atoms with van der Waals surface area (Å²) in [6.45, 7) is 6.16. The van der Waals surface area contributed by atoms with Crippen LogP contribution in [0.2, 0.25) is 0 Å². The van der Waals surface area contributed by atoms with Gasteiger partial charge in [0.15, 0.2) is 0 Å². The average Bonchev–Trinajstić information content (AvgIpc) is 3.85. The van der Waals surface area contributed by atoms with Gasteiger partial charge in [-0.25, -0.2) is 15.0 Å². The fourth-order valence-corrected chi connectivity index (χ4v) is 8.36. The number of nitrogens with zero attached hydrogens (tertiary/aromatic N) is 3. The van der Waals surface area contributed by atoms with Gasteiger partial charge in [-0.1, -0.05) is 54.6 Å². The monoisotopic (exact) mass is 851 g/mol. The van der Waals surface area contributed by atoms with Crippen molar-refractivity contribution in [1.29, 1.82) is 0 Å². The summed E-state index contributed by atoms with van der Waals surface area (Å²) < 4.78 is 3.44. The summed E-state index contributed by atoms with van der Waals surface area (Å²) in [7, 11) is 0. The summed E-state index contributed by atoms with van der Waals surface area (Å²) in [4.78, 5) is 13.7. The van der Waals surface area contributed by atoms with Crippen LogP contribution in [0.15, 0.2) is 127 Å². The average molecular weight is 855 g/mol. The number of aryl methyl sites for hydroxylation is 3. The summed E-state index contributed by atoms with van der Waals surface area (Å²) in [5.74, 6) is 0.842. The van der Waals surface area contributed by atoms with E-state index < -0.39 is 0 Å². The van der Waals surface area contributed by atoms with Crippen LogP contribution in [0.4, 0.5) is 0 Å². The van der Waals surface area contributed by atoms with Crippen LogP contribution >= 0.6 is 34.0 Å². The van der Waals surface area contributed by atoms with Gasteiger partial charge in [-0.15, -0.1) is 34.0 Å². The Morgan fingerprint density at radius 1 is 0.377 bits per heavy atom. The Bertz CT molecular complexity index is 2360. The molecule has 0 radical (unpaired) electrons. The number of hydrogen-bond donors (Lipinski definition) is 3. The van der Waals surface area contributed by atoms with Crippen molar-refractivity contribution in [1.82, 2.24) is 15.0 Å². The molecule has 3 aromatic heterocycles. The van der Waals surface area contributed by atoms with Gasteiger partial charge in [0, 0.05) is 39.0 Å². The third kappa shape index (κ3) is 9.24. The second kappa shape index (κ2) is 17.6. The van der Waals surface area contributed by atoms with Crippen molar-refractivity contribution in [2.24, 2.45) is 0 Å². The molecular weight excluding hydrogens is 821 g/mol. The van der Waals surface area contributed by atoms with E-state index in [9.17, 15) is 15.3 Å². The maximum absolute atomic E-state index is 9.81. The number of benzene rings is 6. The number of aromatic nitrogens is 3. The van der Waals surface area contributed by atoms with Gasteiger partial charge in [0.05, 0.1) is 47.3 Å². The fraction of sp³-hybridized carbons (Fsp3) is 0.0714. The third-order valence-electron chi connectivity index (χ3n) is 8.03. The first kappa shape index (κ1) is 39.8. The Kier molecular flexibility index (Phi) is 13.3. The molecule has 0 saturated heterocycles. The van der Waals surface area contributed by atoms with Crippen LogP contribution in [0, 0.1) is 20.8 Å². The predicted octanol–water partition coefficient (Wildman–Crippen LogP) is 11.9. The maximum Gasteiger partial charge on any atom is 0.128 e. The molecule has 0 bridgehead atoms. The summed E-state index contributed by atoms with van der Waals surface area (Å²) >= 11 is 4.81. The van der Waals surface area contributed by atoms with E-state index in [1.807, 2.05) is 54.6 Å². The first-order valence-electron chi connectivity index (χ1n) is 16.2. The fourth-order valence-electron chi connectivity index (χ4n) is 5.42. The minimum absolute atomic E-state index is 0. The summed E-state index contributed by atoms with van der Waals surface area (Å²) in [5.41, 5.74) is 8.98. The van der Waals surface area contributed by atoms with Crippen LogP contribution < -0.4 is 0 Å². The number of rotatable bonds is 3. The van der Waals surface area contributed by atoms with Gasteiger partial charge in [0.25, 0.3) is 0 Å². The van der Waals surface area contributed by atoms with E-state index in [0.717, 1.165) is 62.4 Å². The van der Waals surface area contributed by atoms with Gasteiger partial charge < -0.3 is 15.3 Å². The van der Waals surface area contributed by atoms with E-state index in [0.29, 0.717) is 0 Å². The van der Waals surface area contributed by atoms with E-state index in [1.54, 1.807) is 52.2 Å². The van der Waals surface area contributed by atoms with Crippen LogP contribution in [0.3, 0.4) is 0 Å². The molecule has 0 atom stereocenters. The number of phenolic OH excluding ortho intramolecular Hbond substituents is 3. The number of hydrogen-bond acceptors (Lipinski definition) is 9. The molecule has 256 valence electrons. The number of thiazole rings is 3. The van der Waals surface area contributed by atoms with Crippen molar-refractivity contribution in [2.75, 3.05) is 0 Å². The maximum atomic E-state index is 9.81. The van der Waals surface area contributed by atoms with Crippen molar-refractivity contribution < 1.29 is 54.3 Å². The second-order valence-corrected chi connectivity index (χ2v) is 15.1. The van der Waals surface area contributed by atoms with Gasteiger partial charge in [-0.3, -0.25) is 0 Å². The van der Waals surface area contributed by atoms with E-state index >= 15 is 0 Å². The minimum Gasteiger partial charge on any atom is -0.507 e. The molecule has 6 nitrogen and oxygen atoms in total.